The molecule has 2 heteroatoms. The molecule has 1 aromatic rings. The van der Waals surface area contributed by atoms with Crippen molar-refractivity contribution in [3.05, 3.63) is 35.8 Å². The summed E-state index contributed by atoms with van der Waals surface area (Å²) in [6.07, 6.45) is 1.89. The minimum Gasteiger partial charge on any atom is -0.466 e. The average Bonchev–Trinajstić information content (AvgIpc) is 2.41. The van der Waals surface area contributed by atoms with Crippen molar-refractivity contribution >= 4 is 0 Å². The fraction of sp³-hybridized carbons (Fsp3) is 0.455. The third kappa shape index (κ3) is 2.74. The fourth-order valence-corrected chi connectivity index (χ4v) is 1.21. The highest BCUT2D eigenvalue weighted by atomic mass is 16.3. The third-order valence-corrected chi connectivity index (χ3v) is 2.11. The zero-order chi connectivity index (χ0) is 9.84. The summed E-state index contributed by atoms with van der Waals surface area (Å²) in [5.74, 6) is 1.97. The maximum Gasteiger partial charge on any atom is 0.105 e. The number of hydrogen-bond acceptors (Lipinski definition) is 2. The molecule has 0 aliphatic carbocycles. The quantitative estimate of drug-likeness (QED) is 0.718. The molecule has 1 atom stereocenters. The van der Waals surface area contributed by atoms with Crippen molar-refractivity contribution in [2.24, 2.45) is 0 Å². The van der Waals surface area contributed by atoms with Crippen molar-refractivity contribution in [1.82, 2.24) is 5.32 Å². The Morgan fingerprint density at radius 1 is 1.62 bits per heavy atom. The molecule has 0 spiro atoms. The molecule has 0 saturated heterocycles. The molecule has 0 fully saturated rings. The van der Waals surface area contributed by atoms with Gasteiger partial charge in [0.1, 0.15) is 11.5 Å². The lowest BCUT2D eigenvalue weighted by molar-refractivity contribution is 0.498. The number of nitrogens with one attached hydrogen (secondary N) is 1. The van der Waals surface area contributed by atoms with Crippen molar-refractivity contribution in [2.75, 3.05) is 0 Å². The van der Waals surface area contributed by atoms with Gasteiger partial charge in [-0.05, 0) is 26.8 Å². The minimum atomic E-state index is 0.342. The molecule has 0 aliphatic rings. The molecule has 72 valence electrons. The van der Waals surface area contributed by atoms with Gasteiger partial charge in [-0.15, -0.1) is 6.58 Å². The number of furan rings is 1. The lowest BCUT2D eigenvalue weighted by atomic mass is 10.2. The van der Waals surface area contributed by atoms with E-state index in [2.05, 4.69) is 24.9 Å². The van der Waals surface area contributed by atoms with E-state index in [-0.39, 0.29) is 0 Å². The lowest BCUT2D eigenvalue weighted by Gasteiger charge is -2.07. The van der Waals surface area contributed by atoms with Crippen molar-refractivity contribution in [2.45, 2.75) is 33.4 Å². The van der Waals surface area contributed by atoms with Crippen LogP contribution in [0.4, 0.5) is 0 Å². The third-order valence-electron chi connectivity index (χ3n) is 2.11. The van der Waals surface area contributed by atoms with Crippen LogP contribution in [0.5, 0.6) is 0 Å². The monoisotopic (exact) mass is 179 g/mol. The first kappa shape index (κ1) is 10.1. The van der Waals surface area contributed by atoms with Gasteiger partial charge in [-0.3, -0.25) is 0 Å². The molecule has 0 amide bonds. The molecule has 0 saturated carbocycles. The van der Waals surface area contributed by atoms with Crippen LogP contribution in [0, 0.1) is 13.8 Å². The Labute approximate surface area is 79.6 Å². The molecule has 1 unspecified atom stereocenters. The van der Waals surface area contributed by atoms with E-state index in [9.17, 15) is 0 Å². The predicted octanol–water partition coefficient (Wildman–Crippen LogP) is 2.56. The summed E-state index contributed by atoms with van der Waals surface area (Å²) in [5.41, 5.74) is 1.23. The van der Waals surface area contributed by atoms with Crippen LogP contribution >= 0.6 is 0 Å². The lowest BCUT2D eigenvalue weighted by Crippen LogP contribution is -2.22. The van der Waals surface area contributed by atoms with Gasteiger partial charge >= 0.3 is 0 Å². The van der Waals surface area contributed by atoms with Gasteiger partial charge < -0.3 is 9.73 Å². The van der Waals surface area contributed by atoms with Crippen LogP contribution in [0.3, 0.4) is 0 Å². The summed E-state index contributed by atoms with van der Waals surface area (Å²) in [5, 5.41) is 3.32. The van der Waals surface area contributed by atoms with Gasteiger partial charge in [0.15, 0.2) is 0 Å². The summed E-state index contributed by atoms with van der Waals surface area (Å²) in [4.78, 5) is 0. The normalized spacial score (nSPS) is 12.8. The number of rotatable bonds is 4. The summed E-state index contributed by atoms with van der Waals surface area (Å²) < 4.78 is 5.41. The van der Waals surface area contributed by atoms with Crippen molar-refractivity contribution in [1.29, 1.82) is 0 Å². The standard InChI is InChI=1S/C11H17NO/c1-5-8(2)12-7-11-6-9(3)13-10(11)4/h5-6,8,12H,1,7H2,2-4H3. The van der Waals surface area contributed by atoms with E-state index in [4.69, 9.17) is 4.42 Å². The van der Waals surface area contributed by atoms with Crippen LogP contribution < -0.4 is 5.32 Å². The molecule has 0 radical (unpaired) electrons. The first-order chi connectivity index (χ1) is 6.13. The molecule has 2 nitrogen and oxygen atoms in total. The van der Waals surface area contributed by atoms with E-state index < -0.39 is 0 Å². The van der Waals surface area contributed by atoms with Crippen molar-refractivity contribution in [3.63, 3.8) is 0 Å². The largest absolute Gasteiger partial charge is 0.466 e. The van der Waals surface area contributed by atoms with E-state index >= 15 is 0 Å². The number of aryl methyl sites for hydroxylation is 2. The average molecular weight is 179 g/mol. The van der Waals surface area contributed by atoms with Gasteiger partial charge in [-0.25, -0.2) is 0 Å². The van der Waals surface area contributed by atoms with Crippen LogP contribution in [0.1, 0.15) is 24.0 Å². The van der Waals surface area contributed by atoms with Gasteiger partial charge in [-0.2, -0.15) is 0 Å². The zero-order valence-electron chi connectivity index (χ0n) is 8.55. The van der Waals surface area contributed by atoms with E-state index in [1.54, 1.807) is 0 Å². The molecule has 0 aromatic carbocycles. The maximum atomic E-state index is 5.41. The first-order valence-corrected chi connectivity index (χ1v) is 4.55. The van der Waals surface area contributed by atoms with E-state index in [1.165, 1.54) is 5.56 Å². The first-order valence-electron chi connectivity index (χ1n) is 4.55. The smallest absolute Gasteiger partial charge is 0.105 e. The topological polar surface area (TPSA) is 25.2 Å². The Hall–Kier alpha value is -1.02. The van der Waals surface area contributed by atoms with E-state index in [0.717, 1.165) is 18.1 Å². The highest BCUT2D eigenvalue weighted by molar-refractivity contribution is 5.19. The van der Waals surface area contributed by atoms with Gasteiger partial charge in [0, 0.05) is 18.2 Å². The van der Waals surface area contributed by atoms with Gasteiger partial charge in [0.05, 0.1) is 0 Å². The van der Waals surface area contributed by atoms with E-state index in [0.29, 0.717) is 6.04 Å². The summed E-state index contributed by atoms with van der Waals surface area (Å²) in [6, 6.07) is 2.41. The van der Waals surface area contributed by atoms with Crippen LogP contribution in [0.15, 0.2) is 23.1 Å². The minimum absolute atomic E-state index is 0.342. The molecule has 1 aromatic heterocycles. The Morgan fingerprint density at radius 3 is 2.77 bits per heavy atom. The molecule has 0 aliphatic heterocycles. The second-order valence-electron chi connectivity index (χ2n) is 3.34. The molecular formula is C11H17NO. The maximum absolute atomic E-state index is 5.41. The molecule has 1 rings (SSSR count). The second-order valence-corrected chi connectivity index (χ2v) is 3.34. The molecular weight excluding hydrogens is 162 g/mol. The Bertz CT molecular complexity index is 288. The Balaban J connectivity index is 2.54. The predicted molar refractivity (Wildman–Crippen MR) is 54.7 cm³/mol. The van der Waals surface area contributed by atoms with E-state index in [1.807, 2.05) is 19.9 Å². The van der Waals surface area contributed by atoms with Crippen molar-refractivity contribution < 1.29 is 4.42 Å². The SMILES string of the molecule is C=CC(C)NCc1cc(C)oc1C. The van der Waals surface area contributed by atoms with Crippen LogP contribution in [-0.2, 0) is 6.54 Å². The second kappa shape index (κ2) is 4.28. The highest BCUT2D eigenvalue weighted by Gasteiger charge is 2.04. The van der Waals surface area contributed by atoms with Crippen molar-refractivity contribution in [3.8, 4) is 0 Å². The summed E-state index contributed by atoms with van der Waals surface area (Å²) >= 11 is 0. The fourth-order valence-electron chi connectivity index (χ4n) is 1.21. The highest BCUT2D eigenvalue weighted by Crippen LogP contribution is 2.13. The summed E-state index contributed by atoms with van der Waals surface area (Å²) in [7, 11) is 0. The van der Waals surface area contributed by atoms with Gasteiger partial charge in [0.25, 0.3) is 0 Å². The molecule has 13 heavy (non-hydrogen) atoms. The number of hydrogen-bond donors (Lipinski definition) is 1. The molecule has 1 heterocycles. The zero-order valence-corrected chi connectivity index (χ0v) is 8.55. The van der Waals surface area contributed by atoms with Gasteiger partial charge in [-0.1, -0.05) is 6.08 Å². The Kier molecular flexibility index (Phi) is 3.32. The van der Waals surface area contributed by atoms with Crippen LogP contribution in [0.2, 0.25) is 0 Å². The molecule has 1 N–H and O–H groups in total. The molecule has 0 bridgehead atoms. The van der Waals surface area contributed by atoms with Crippen LogP contribution in [-0.4, -0.2) is 6.04 Å². The van der Waals surface area contributed by atoms with Gasteiger partial charge in [0.2, 0.25) is 0 Å². The Morgan fingerprint density at radius 2 is 2.31 bits per heavy atom. The van der Waals surface area contributed by atoms with Crippen LogP contribution in [0.25, 0.3) is 0 Å². The summed E-state index contributed by atoms with van der Waals surface area (Å²) in [6.45, 7) is 10.6.